The lowest BCUT2D eigenvalue weighted by molar-refractivity contribution is -0.117. The lowest BCUT2D eigenvalue weighted by Crippen LogP contribution is -2.14. The van der Waals surface area contributed by atoms with Crippen LogP contribution in [0, 0.1) is 12.8 Å². The van der Waals surface area contributed by atoms with E-state index in [2.05, 4.69) is 15.5 Å². The van der Waals surface area contributed by atoms with Crippen LogP contribution in [-0.4, -0.2) is 16.1 Å². The van der Waals surface area contributed by atoms with Gasteiger partial charge in [0, 0.05) is 10.9 Å². The highest BCUT2D eigenvalue weighted by molar-refractivity contribution is 7.15. The van der Waals surface area contributed by atoms with Gasteiger partial charge in [-0.2, -0.15) is 0 Å². The smallest absolute Gasteiger partial charge is 0.229 e. The minimum absolute atomic E-state index is 0.000990. The van der Waals surface area contributed by atoms with E-state index in [-0.39, 0.29) is 17.7 Å². The van der Waals surface area contributed by atoms with Crippen molar-refractivity contribution in [1.82, 2.24) is 10.2 Å². The fraction of sp³-hybridized carbons (Fsp3) is 0.308. The van der Waals surface area contributed by atoms with Gasteiger partial charge in [0.1, 0.15) is 5.01 Å². The summed E-state index contributed by atoms with van der Waals surface area (Å²) < 4.78 is 0. The van der Waals surface area contributed by atoms with Crippen LogP contribution in [0.15, 0.2) is 24.3 Å². The second kappa shape index (κ2) is 4.90. The van der Waals surface area contributed by atoms with Gasteiger partial charge in [-0.05, 0) is 30.9 Å². The Morgan fingerprint density at radius 2 is 2.21 bits per heavy atom. The lowest BCUT2D eigenvalue weighted by Gasteiger charge is -2.03. The number of nitrogens with zero attached hydrogens (tertiary/aromatic N) is 2. The number of carbonyl (C=O) groups excluding carboxylic acids is 1. The molecule has 1 aromatic heterocycles. The van der Waals surface area contributed by atoms with Crippen LogP contribution < -0.4 is 5.32 Å². The van der Waals surface area contributed by atoms with Crippen molar-refractivity contribution in [3.63, 3.8) is 0 Å². The van der Waals surface area contributed by atoms with Gasteiger partial charge in [-0.1, -0.05) is 41.1 Å². The number of hydrogen-bond donors (Lipinski definition) is 1. The summed E-state index contributed by atoms with van der Waals surface area (Å²) in [5, 5.41) is 12.7. The van der Waals surface area contributed by atoms with Crippen LogP contribution in [0.1, 0.15) is 22.9 Å². The Labute approximate surface area is 119 Å². The van der Waals surface area contributed by atoms with Gasteiger partial charge in [0.05, 0.1) is 0 Å². The number of carbonyl (C=O) groups is 1. The van der Waals surface area contributed by atoms with Gasteiger partial charge in [-0.3, -0.25) is 4.79 Å². The van der Waals surface area contributed by atoms with E-state index in [9.17, 15) is 4.79 Å². The molecule has 2 unspecified atom stereocenters. The number of amides is 1. The first-order valence-corrected chi connectivity index (χ1v) is 7.20. The third kappa shape index (κ3) is 2.62. The zero-order chi connectivity index (χ0) is 13.4. The van der Waals surface area contributed by atoms with E-state index >= 15 is 0 Å². The monoisotopic (exact) mass is 293 g/mol. The van der Waals surface area contributed by atoms with Crippen LogP contribution in [-0.2, 0) is 4.79 Å². The van der Waals surface area contributed by atoms with Gasteiger partial charge in [-0.25, -0.2) is 0 Å². The van der Waals surface area contributed by atoms with Gasteiger partial charge in [0.25, 0.3) is 0 Å². The molecule has 3 rings (SSSR count). The van der Waals surface area contributed by atoms with Crippen LogP contribution in [0.25, 0.3) is 0 Å². The van der Waals surface area contributed by atoms with E-state index in [1.54, 1.807) is 0 Å². The van der Waals surface area contributed by atoms with E-state index < -0.39 is 0 Å². The van der Waals surface area contributed by atoms with Crippen molar-refractivity contribution in [2.45, 2.75) is 19.3 Å². The Morgan fingerprint density at radius 3 is 2.89 bits per heavy atom. The third-order valence-corrected chi connectivity index (χ3v) is 4.29. The molecule has 2 aromatic rings. The SMILES string of the molecule is Cc1nnc(NC(=O)C2CC2c2ccccc2Cl)s1. The largest absolute Gasteiger partial charge is 0.300 e. The number of aromatic nitrogens is 2. The summed E-state index contributed by atoms with van der Waals surface area (Å²) in [4.78, 5) is 12.1. The molecule has 0 radical (unpaired) electrons. The van der Waals surface area contributed by atoms with Gasteiger partial charge < -0.3 is 5.32 Å². The molecule has 1 fully saturated rings. The topological polar surface area (TPSA) is 54.9 Å². The van der Waals surface area contributed by atoms with Gasteiger partial charge >= 0.3 is 0 Å². The van der Waals surface area contributed by atoms with Crippen molar-refractivity contribution >= 4 is 34.0 Å². The maximum atomic E-state index is 12.1. The molecule has 0 saturated heterocycles. The Hall–Kier alpha value is -1.46. The molecule has 2 atom stereocenters. The lowest BCUT2D eigenvalue weighted by atomic mass is 10.1. The van der Waals surface area contributed by atoms with Crippen LogP contribution >= 0.6 is 22.9 Å². The number of nitrogens with one attached hydrogen (secondary N) is 1. The van der Waals surface area contributed by atoms with Crippen molar-refractivity contribution in [1.29, 1.82) is 0 Å². The zero-order valence-corrected chi connectivity index (χ0v) is 11.8. The Balaban J connectivity index is 1.66. The summed E-state index contributed by atoms with van der Waals surface area (Å²) in [5.41, 5.74) is 1.05. The van der Waals surface area contributed by atoms with E-state index in [4.69, 9.17) is 11.6 Å². The molecular weight excluding hydrogens is 282 g/mol. The maximum absolute atomic E-state index is 12.1. The average Bonchev–Trinajstić information content (AvgIpc) is 3.08. The Morgan fingerprint density at radius 1 is 1.42 bits per heavy atom. The minimum Gasteiger partial charge on any atom is -0.300 e. The first-order valence-electron chi connectivity index (χ1n) is 6.00. The summed E-state index contributed by atoms with van der Waals surface area (Å²) in [6.07, 6.45) is 0.841. The van der Waals surface area contributed by atoms with E-state index in [1.807, 2.05) is 31.2 Å². The van der Waals surface area contributed by atoms with E-state index in [0.29, 0.717) is 5.13 Å². The van der Waals surface area contributed by atoms with Crippen molar-refractivity contribution in [3.8, 4) is 0 Å². The molecule has 1 N–H and O–H groups in total. The molecule has 6 heteroatoms. The van der Waals surface area contributed by atoms with Crippen LogP contribution in [0.4, 0.5) is 5.13 Å². The van der Waals surface area contributed by atoms with Gasteiger partial charge in [0.2, 0.25) is 11.0 Å². The molecular formula is C13H12ClN3OS. The normalized spacial score (nSPS) is 21.2. The molecule has 1 aromatic carbocycles. The highest BCUT2D eigenvalue weighted by atomic mass is 35.5. The first kappa shape index (κ1) is 12.6. The molecule has 1 aliphatic rings. The summed E-state index contributed by atoms with van der Waals surface area (Å²) in [7, 11) is 0. The molecule has 1 heterocycles. The summed E-state index contributed by atoms with van der Waals surface area (Å²) in [6.45, 7) is 1.86. The molecule has 98 valence electrons. The average molecular weight is 294 g/mol. The summed E-state index contributed by atoms with van der Waals surface area (Å²) in [5.74, 6) is 0.216. The second-order valence-electron chi connectivity index (χ2n) is 4.59. The number of hydrogen-bond acceptors (Lipinski definition) is 4. The van der Waals surface area contributed by atoms with Gasteiger partial charge in [0.15, 0.2) is 0 Å². The quantitative estimate of drug-likeness (QED) is 0.945. The first-order chi connectivity index (χ1) is 9.15. The second-order valence-corrected chi connectivity index (χ2v) is 6.17. The predicted octanol–water partition coefficient (Wildman–Crippen LogP) is 3.24. The van der Waals surface area contributed by atoms with Crippen molar-refractivity contribution in [2.24, 2.45) is 5.92 Å². The molecule has 1 amide bonds. The van der Waals surface area contributed by atoms with Crippen molar-refractivity contribution < 1.29 is 4.79 Å². The van der Waals surface area contributed by atoms with Crippen molar-refractivity contribution in [2.75, 3.05) is 5.32 Å². The summed E-state index contributed by atoms with van der Waals surface area (Å²) in [6, 6.07) is 7.68. The maximum Gasteiger partial charge on any atom is 0.229 e. The molecule has 0 bridgehead atoms. The van der Waals surface area contributed by atoms with Gasteiger partial charge in [-0.15, -0.1) is 10.2 Å². The minimum atomic E-state index is -0.0101. The van der Waals surface area contributed by atoms with E-state index in [1.165, 1.54) is 11.3 Å². The van der Waals surface area contributed by atoms with Crippen LogP contribution in [0.3, 0.4) is 0 Å². The predicted molar refractivity (Wildman–Crippen MR) is 75.6 cm³/mol. The summed E-state index contributed by atoms with van der Waals surface area (Å²) >= 11 is 7.52. The highest BCUT2D eigenvalue weighted by Crippen LogP contribution is 2.50. The highest BCUT2D eigenvalue weighted by Gasteiger charge is 2.45. The standard InChI is InChI=1S/C13H12ClN3OS/c1-7-16-17-13(19-7)15-12(18)10-6-9(10)8-4-2-3-5-11(8)14/h2-5,9-10H,6H2,1H3,(H,15,17,18). The Kier molecular flexibility index (Phi) is 3.24. The fourth-order valence-electron chi connectivity index (χ4n) is 2.15. The molecule has 0 aliphatic heterocycles. The number of anilines is 1. The van der Waals surface area contributed by atoms with Crippen molar-refractivity contribution in [3.05, 3.63) is 39.9 Å². The molecule has 0 spiro atoms. The van der Waals surface area contributed by atoms with Crippen LogP contribution in [0.2, 0.25) is 5.02 Å². The fourth-order valence-corrected chi connectivity index (χ4v) is 3.02. The number of rotatable bonds is 3. The molecule has 4 nitrogen and oxygen atoms in total. The number of halogens is 1. The number of benzene rings is 1. The zero-order valence-electron chi connectivity index (χ0n) is 10.3. The Bertz CT molecular complexity index is 628. The number of aryl methyl sites for hydroxylation is 1. The molecule has 1 saturated carbocycles. The molecule has 19 heavy (non-hydrogen) atoms. The third-order valence-electron chi connectivity index (χ3n) is 3.19. The van der Waals surface area contributed by atoms with Crippen LogP contribution in [0.5, 0.6) is 0 Å². The van der Waals surface area contributed by atoms with E-state index in [0.717, 1.165) is 22.0 Å². The molecule has 1 aliphatic carbocycles.